The van der Waals surface area contributed by atoms with Gasteiger partial charge in [-0.2, -0.15) is 0 Å². The molecule has 1 atom stereocenters. The third kappa shape index (κ3) is 4.42. The molecule has 3 rings (SSSR count). The lowest BCUT2D eigenvalue weighted by Crippen LogP contribution is -2.34. The topological polar surface area (TPSA) is 75.2 Å². The van der Waals surface area contributed by atoms with E-state index in [-0.39, 0.29) is 24.2 Å². The highest BCUT2D eigenvalue weighted by Crippen LogP contribution is 2.20. The van der Waals surface area contributed by atoms with Crippen molar-refractivity contribution >= 4 is 23.2 Å². The molecule has 6 nitrogen and oxygen atoms in total. The molecule has 132 valence electrons. The monoisotopic (exact) mass is 358 g/mol. The van der Waals surface area contributed by atoms with Crippen molar-refractivity contribution in [2.45, 2.75) is 33.2 Å². The Bertz CT molecular complexity index is 740. The summed E-state index contributed by atoms with van der Waals surface area (Å²) in [5, 5.41) is 3.98. The number of hydrogen-bond acceptors (Lipinski definition) is 5. The van der Waals surface area contributed by atoms with Gasteiger partial charge in [-0.15, -0.1) is 11.3 Å². The molecule has 3 heterocycles. The molecule has 2 amide bonds. The van der Waals surface area contributed by atoms with Crippen LogP contribution in [0.3, 0.4) is 0 Å². The molecule has 2 aromatic rings. The van der Waals surface area contributed by atoms with E-state index in [0.29, 0.717) is 19.6 Å². The molecule has 0 radical (unpaired) electrons. The van der Waals surface area contributed by atoms with Gasteiger partial charge in [0.25, 0.3) is 0 Å². The normalized spacial score (nSPS) is 17.1. The van der Waals surface area contributed by atoms with E-state index < -0.39 is 0 Å². The summed E-state index contributed by atoms with van der Waals surface area (Å²) in [4.78, 5) is 36.1. The molecular weight excluding hydrogens is 336 g/mol. The summed E-state index contributed by atoms with van der Waals surface area (Å²) in [6.45, 7) is 5.51. The first-order valence-electron chi connectivity index (χ1n) is 8.41. The van der Waals surface area contributed by atoms with E-state index in [1.54, 1.807) is 22.4 Å². The number of carbonyl (C=O) groups excluding carboxylic acids is 2. The molecule has 1 N–H and O–H groups in total. The summed E-state index contributed by atoms with van der Waals surface area (Å²) >= 11 is 1.67. The SMILES string of the molecule is Cc1nc(CCNC(=O)[C@@H]2CC(=O)N(Cc3ccccn3)C2)sc1C. The Hall–Kier alpha value is -2.28. The molecule has 0 aliphatic carbocycles. The minimum atomic E-state index is -0.282. The van der Waals surface area contributed by atoms with Crippen molar-refractivity contribution in [3.05, 3.63) is 45.7 Å². The number of nitrogens with zero attached hydrogens (tertiary/aromatic N) is 3. The number of likely N-dealkylation sites (tertiary alicyclic amines) is 1. The number of rotatable bonds is 6. The minimum absolute atomic E-state index is 0.0111. The standard InChI is InChI=1S/C18H22N4O2S/c1-12-13(2)25-16(21-12)6-8-20-18(24)14-9-17(23)22(10-14)11-15-5-3-4-7-19-15/h3-5,7,14H,6,8-11H2,1-2H3,(H,20,24)/t14-/m1/s1. The van der Waals surface area contributed by atoms with Gasteiger partial charge in [0.05, 0.1) is 28.9 Å². The van der Waals surface area contributed by atoms with Gasteiger partial charge in [0.15, 0.2) is 0 Å². The second kappa shape index (κ2) is 7.74. The zero-order valence-electron chi connectivity index (χ0n) is 14.5. The first-order valence-corrected chi connectivity index (χ1v) is 9.23. The van der Waals surface area contributed by atoms with Crippen molar-refractivity contribution in [3.63, 3.8) is 0 Å². The number of hydrogen-bond donors (Lipinski definition) is 1. The van der Waals surface area contributed by atoms with Crippen LogP contribution in [0.4, 0.5) is 0 Å². The van der Waals surface area contributed by atoms with Crippen LogP contribution in [0.2, 0.25) is 0 Å². The summed E-state index contributed by atoms with van der Waals surface area (Å²) in [5.74, 6) is -0.324. The Morgan fingerprint density at radius 1 is 1.40 bits per heavy atom. The van der Waals surface area contributed by atoms with Crippen LogP contribution in [0, 0.1) is 19.8 Å². The number of pyridine rings is 1. The lowest BCUT2D eigenvalue weighted by Gasteiger charge is -2.16. The molecule has 1 fully saturated rings. The zero-order valence-corrected chi connectivity index (χ0v) is 15.3. The highest BCUT2D eigenvalue weighted by molar-refractivity contribution is 7.11. The number of aryl methyl sites for hydroxylation is 2. The summed E-state index contributed by atoms with van der Waals surface area (Å²) in [6, 6.07) is 5.63. The zero-order chi connectivity index (χ0) is 17.8. The van der Waals surface area contributed by atoms with Crippen molar-refractivity contribution in [1.82, 2.24) is 20.2 Å². The summed E-state index contributed by atoms with van der Waals surface area (Å²) in [6.07, 6.45) is 2.71. The second-order valence-corrected chi connectivity index (χ2v) is 7.57. The Morgan fingerprint density at radius 2 is 2.24 bits per heavy atom. The van der Waals surface area contributed by atoms with E-state index in [4.69, 9.17) is 0 Å². The van der Waals surface area contributed by atoms with Crippen LogP contribution >= 0.6 is 11.3 Å². The predicted octanol–water partition coefficient (Wildman–Crippen LogP) is 1.86. The number of nitrogens with one attached hydrogen (secondary N) is 1. The van der Waals surface area contributed by atoms with Crippen molar-refractivity contribution in [2.75, 3.05) is 13.1 Å². The third-order valence-corrected chi connectivity index (χ3v) is 5.51. The fourth-order valence-electron chi connectivity index (χ4n) is 2.87. The van der Waals surface area contributed by atoms with Gasteiger partial charge in [0, 0.05) is 37.0 Å². The van der Waals surface area contributed by atoms with Gasteiger partial charge >= 0.3 is 0 Å². The molecule has 0 spiro atoms. The molecular formula is C18H22N4O2S. The summed E-state index contributed by atoms with van der Waals surface area (Å²) < 4.78 is 0. The molecule has 0 unspecified atom stereocenters. The number of thiazole rings is 1. The summed E-state index contributed by atoms with van der Waals surface area (Å²) in [7, 11) is 0. The van der Waals surface area contributed by atoms with Gasteiger partial charge in [-0.05, 0) is 26.0 Å². The maximum Gasteiger partial charge on any atom is 0.225 e. The van der Waals surface area contributed by atoms with Gasteiger partial charge in [-0.25, -0.2) is 4.98 Å². The predicted molar refractivity (Wildman–Crippen MR) is 96.1 cm³/mol. The maximum absolute atomic E-state index is 12.3. The molecule has 25 heavy (non-hydrogen) atoms. The molecule has 1 aliphatic heterocycles. The van der Waals surface area contributed by atoms with E-state index in [0.717, 1.165) is 22.8 Å². The van der Waals surface area contributed by atoms with Crippen LogP contribution in [-0.2, 0) is 22.6 Å². The van der Waals surface area contributed by atoms with Crippen LogP contribution in [0.15, 0.2) is 24.4 Å². The van der Waals surface area contributed by atoms with Gasteiger partial charge in [0.1, 0.15) is 0 Å². The first-order chi connectivity index (χ1) is 12.0. The molecule has 2 aromatic heterocycles. The lowest BCUT2D eigenvalue weighted by atomic mass is 10.1. The Kier molecular flexibility index (Phi) is 5.43. The molecule has 1 saturated heterocycles. The van der Waals surface area contributed by atoms with E-state index >= 15 is 0 Å². The van der Waals surface area contributed by atoms with E-state index in [1.165, 1.54) is 4.88 Å². The molecule has 0 bridgehead atoms. The van der Waals surface area contributed by atoms with Crippen molar-refractivity contribution in [1.29, 1.82) is 0 Å². The van der Waals surface area contributed by atoms with E-state index in [2.05, 4.69) is 22.2 Å². The lowest BCUT2D eigenvalue weighted by molar-refractivity contribution is -0.129. The number of amides is 2. The quantitative estimate of drug-likeness (QED) is 0.855. The molecule has 7 heteroatoms. The smallest absolute Gasteiger partial charge is 0.225 e. The average Bonchev–Trinajstić information content (AvgIpc) is 3.11. The number of aromatic nitrogens is 2. The van der Waals surface area contributed by atoms with Crippen LogP contribution in [0.5, 0.6) is 0 Å². The van der Waals surface area contributed by atoms with Gasteiger partial charge in [-0.3, -0.25) is 14.6 Å². The van der Waals surface area contributed by atoms with E-state index in [1.807, 2.05) is 25.1 Å². The molecule has 1 aliphatic rings. The maximum atomic E-state index is 12.3. The van der Waals surface area contributed by atoms with Gasteiger partial charge < -0.3 is 10.2 Å². The van der Waals surface area contributed by atoms with Crippen LogP contribution in [0.25, 0.3) is 0 Å². The summed E-state index contributed by atoms with van der Waals surface area (Å²) in [5.41, 5.74) is 1.89. The fourth-order valence-corrected chi connectivity index (χ4v) is 3.80. The average molecular weight is 358 g/mol. The van der Waals surface area contributed by atoms with Gasteiger partial charge in [-0.1, -0.05) is 6.07 Å². The highest BCUT2D eigenvalue weighted by atomic mass is 32.1. The Balaban J connectivity index is 1.47. The van der Waals surface area contributed by atoms with Crippen LogP contribution in [0.1, 0.15) is 27.7 Å². The van der Waals surface area contributed by atoms with Crippen molar-refractivity contribution < 1.29 is 9.59 Å². The molecule has 0 saturated carbocycles. The largest absolute Gasteiger partial charge is 0.355 e. The van der Waals surface area contributed by atoms with Gasteiger partial charge in [0.2, 0.25) is 11.8 Å². The Labute approximate surface area is 151 Å². The molecule has 0 aromatic carbocycles. The Morgan fingerprint density at radius 3 is 2.92 bits per heavy atom. The van der Waals surface area contributed by atoms with Crippen molar-refractivity contribution in [2.24, 2.45) is 5.92 Å². The van der Waals surface area contributed by atoms with E-state index in [9.17, 15) is 9.59 Å². The third-order valence-electron chi connectivity index (χ3n) is 4.38. The first kappa shape index (κ1) is 17.5. The highest BCUT2D eigenvalue weighted by Gasteiger charge is 2.34. The van der Waals surface area contributed by atoms with Crippen LogP contribution in [-0.4, -0.2) is 39.8 Å². The van der Waals surface area contributed by atoms with Crippen LogP contribution < -0.4 is 5.32 Å². The second-order valence-electron chi connectivity index (χ2n) is 6.29. The fraction of sp³-hybridized carbons (Fsp3) is 0.444. The minimum Gasteiger partial charge on any atom is -0.355 e. The van der Waals surface area contributed by atoms with Crippen molar-refractivity contribution in [3.8, 4) is 0 Å². The number of carbonyl (C=O) groups is 2.